The minimum Gasteiger partial charge on any atom is -0.497 e. The molecule has 1 aromatic carbocycles. The molecule has 2 aromatic rings. The summed E-state index contributed by atoms with van der Waals surface area (Å²) in [7, 11) is -2.34. The van der Waals surface area contributed by atoms with Gasteiger partial charge in [0, 0.05) is 5.75 Å². The van der Waals surface area contributed by atoms with Gasteiger partial charge in [-0.2, -0.15) is 4.68 Å². The van der Waals surface area contributed by atoms with Crippen molar-refractivity contribution in [2.45, 2.75) is 34.7 Å². The maximum Gasteiger partial charge on any atom is 0.328 e. The van der Waals surface area contributed by atoms with Gasteiger partial charge in [-0.1, -0.05) is 11.8 Å². The van der Waals surface area contributed by atoms with Crippen molar-refractivity contribution in [1.82, 2.24) is 25.1 Å². The second kappa shape index (κ2) is 6.69. The quantitative estimate of drug-likeness (QED) is 0.481. The molecule has 13 heteroatoms. The van der Waals surface area contributed by atoms with E-state index in [1.165, 1.54) is 11.6 Å². The molecule has 2 aliphatic heterocycles. The lowest BCUT2D eigenvalue weighted by molar-refractivity contribution is -0.157. The van der Waals surface area contributed by atoms with Gasteiger partial charge in [0.15, 0.2) is 15.9 Å². The number of aromatic nitrogens is 4. The van der Waals surface area contributed by atoms with Gasteiger partial charge < -0.3 is 14.7 Å². The number of β-lactam (4-membered cyclic amide) rings is 1. The molecule has 29 heavy (non-hydrogen) atoms. The first-order chi connectivity index (χ1) is 13.7. The number of carbonyl (C=O) groups excluding carboxylic acids is 1. The van der Waals surface area contributed by atoms with E-state index in [-0.39, 0.29) is 12.2 Å². The van der Waals surface area contributed by atoms with Gasteiger partial charge in [-0.15, -0.1) is 5.10 Å². The molecule has 1 N–H and O–H groups in total. The van der Waals surface area contributed by atoms with Gasteiger partial charge in [0.05, 0.1) is 19.2 Å². The van der Waals surface area contributed by atoms with Gasteiger partial charge in [0.25, 0.3) is 0 Å². The van der Waals surface area contributed by atoms with Crippen LogP contribution in [0.25, 0.3) is 5.69 Å². The highest BCUT2D eigenvalue weighted by atomic mass is 32.2. The molecule has 0 aliphatic carbocycles. The van der Waals surface area contributed by atoms with Crippen molar-refractivity contribution < 1.29 is 27.9 Å². The van der Waals surface area contributed by atoms with E-state index in [2.05, 4.69) is 15.5 Å². The van der Waals surface area contributed by atoms with Crippen LogP contribution in [-0.4, -0.2) is 79.5 Å². The van der Waals surface area contributed by atoms with Crippen LogP contribution in [0.15, 0.2) is 29.4 Å². The third kappa shape index (κ3) is 2.79. The molecule has 4 rings (SSSR count). The van der Waals surface area contributed by atoms with E-state index in [0.29, 0.717) is 16.6 Å². The first kappa shape index (κ1) is 19.6. The summed E-state index contributed by atoms with van der Waals surface area (Å²) in [5.41, 5.74) is 0.631. The number of aliphatic carboxylic acids is 1. The minimum absolute atomic E-state index is 0.122. The Morgan fingerprint density at radius 2 is 2.07 bits per heavy atom. The van der Waals surface area contributed by atoms with Crippen LogP contribution in [0.2, 0.25) is 0 Å². The Kier molecular flexibility index (Phi) is 4.53. The number of benzene rings is 1. The minimum atomic E-state index is -3.89. The number of rotatable bonds is 6. The summed E-state index contributed by atoms with van der Waals surface area (Å²) < 4.78 is 30.8. The summed E-state index contributed by atoms with van der Waals surface area (Å²) >= 11 is 1.03. The van der Waals surface area contributed by atoms with Crippen LogP contribution in [-0.2, 0) is 19.4 Å². The summed E-state index contributed by atoms with van der Waals surface area (Å²) in [5.74, 6) is -1.29. The zero-order chi connectivity index (χ0) is 21.0. The van der Waals surface area contributed by atoms with E-state index in [0.717, 1.165) is 16.7 Å². The maximum atomic E-state index is 13.0. The number of thioether (sulfide) groups is 1. The lowest BCUT2D eigenvalue weighted by Crippen LogP contribution is -2.57. The third-order valence-corrected chi connectivity index (χ3v) is 9.51. The number of fused-ring (bicyclic) bond motifs is 1. The molecule has 0 radical (unpaired) electrons. The Hall–Kier alpha value is -2.67. The van der Waals surface area contributed by atoms with Crippen molar-refractivity contribution >= 4 is 33.5 Å². The fourth-order valence-corrected chi connectivity index (χ4v) is 7.45. The molecular formula is C16H17N5O6S2. The molecule has 3 heterocycles. The molecule has 2 saturated heterocycles. The standard InChI is InChI=1S/C16H17N5O6S2/c1-16(13(14(23)24)20-11(22)7-12(20)29(16,25)26)8-28-15-17-18-19-21(15)9-3-5-10(27-2)6-4-9/h3-6,12-13H,7-8H2,1-2H3,(H,23,24)/t12-,13-,16-/m0/s1. The van der Waals surface area contributed by atoms with Gasteiger partial charge in [0.2, 0.25) is 11.1 Å². The van der Waals surface area contributed by atoms with E-state index in [1.807, 2.05) is 0 Å². The Bertz CT molecular complexity index is 1090. The SMILES string of the molecule is COc1ccc(-n2nnnc2SC[C@@]2(C)[C@H](C(=O)O)N3C(=O)C[C@@H]3S2(=O)=O)cc1. The Balaban J connectivity index is 1.62. The molecule has 0 bridgehead atoms. The highest BCUT2D eigenvalue weighted by molar-refractivity contribution is 8.01. The number of nitrogens with zero attached hydrogens (tertiary/aromatic N) is 5. The van der Waals surface area contributed by atoms with E-state index < -0.39 is 37.9 Å². The fourth-order valence-electron chi connectivity index (χ4n) is 3.63. The second-order valence-electron chi connectivity index (χ2n) is 6.92. The molecule has 2 fully saturated rings. The number of carbonyl (C=O) groups is 2. The highest BCUT2D eigenvalue weighted by Crippen LogP contribution is 2.47. The lowest BCUT2D eigenvalue weighted by Gasteiger charge is -2.35. The topological polar surface area (TPSA) is 145 Å². The number of carboxylic acids is 1. The number of tetrazole rings is 1. The summed E-state index contributed by atoms with van der Waals surface area (Å²) in [6, 6.07) is 5.48. The predicted molar refractivity (Wildman–Crippen MR) is 100 cm³/mol. The average molecular weight is 439 g/mol. The zero-order valence-electron chi connectivity index (χ0n) is 15.4. The molecular weight excluding hydrogens is 422 g/mol. The second-order valence-corrected chi connectivity index (χ2v) is 10.4. The zero-order valence-corrected chi connectivity index (χ0v) is 17.1. The molecule has 154 valence electrons. The van der Waals surface area contributed by atoms with Gasteiger partial charge >= 0.3 is 5.97 Å². The number of amides is 1. The van der Waals surface area contributed by atoms with Gasteiger partial charge in [-0.3, -0.25) is 4.79 Å². The molecule has 11 nitrogen and oxygen atoms in total. The molecule has 3 atom stereocenters. The van der Waals surface area contributed by atoms with Crippen molar-refractivity contribution in [1.29, 1.82) is 0 Å². The summed E-state index contributed by atoms with van der Waals surface area (Å²) in [5, 5.41) is 20.3. The van der Waals surface area contributed by atoms with E-state index >= 15 is 0 Å². The lowest BCUT2D eigenvalue weighted by atomic mass is 9.98. The largest absolute Gasteiger partial charge is 0.497 e. The van der Waals surface area contributed by atoms with Crippen molar-refractivity contribution in [3.05, 3.63) is 24.3 Å². The van der Waals surface area contributed by atoms with Crippen LogP contribution in [0.4, 0.5) is 0 Å². The number of hydrogen-bond donors (Lipinski definition) is 1. The van der Waals surface area contributed by atoms with Crippen molar-refractivity contribution in [3.8, 4) is 11.4 Å². The highest BCUT2D eigenvalue weighted by Gasteiger charge is 2.69. The fraction of sp³-hybridized carbons (Fsp3) is 0.438. The first-order valence-electron chi connectivity index (χ1n) is 8.54. The van der Waals surface area contributed by atoms with Crippen molar-refractivity contribution in [3.63, 3.8) is 0 Å². The van der Waals surface area contributed by atoms with E-state index in [9.17, 15) is 23.1 Å². The van der Waals surface area contributed by atoms with E-state index in [1.54, 1.807) is 31.4 Å². The number of ether oxygens (including phenoxy) is 1. The maximum absolute atomic E-state index is 13.0. The van der Waals surface area contributed by atoms with E-state index in [4.69, 9.17) is 4.74 Å². The van der Waals surface area contributed by atoms with Crippen molar-refractivity contribution in [2.24, 2.45) is 0 Å². The van der Waals surface area contributed by atoms with Crippen LogP contribution in [0, 0.1) is 0 Å². The number of sulfone groups is 1. The summed E-state index contributed by atoms with van der Waals surface area (Å²) in [6.45, 7) is 1.36. The van der Waals surface area contributed by atoms with Crippen LogP contribution in [0.5, 0.6) is 5.75 Å². The Morgan fingerprint density at radius 1 is 1.38 bits per heavy atom. The van der Waals surface area contributed by atoms with Crippen LogP contribution < -0.4 is 4.74 Å². The van der Waals surface area contributed by atoms with Crippen LogP contribution in [0.3, 0.4) is 0 Å². The number of hydrogen-bond acceptors (Lipinski definition) is 9. The smallest absolute Gasteiger partial charge is 0.328 e. The molecule has 0 spiro atoms. The van der Waals surface area contributed by atoms with Gasteiger partial charge in [-0.25, -0.2) is 13.2 Å². The summed E-state index contributed by atoms with van der Waals surface area (Å²) in [4.78, 5) is 24.7. The molecule has 0 saturated carbocycles. The van der Waals surface area contributed by atoms with Crippen LogP contribution in [0.1, 0.15) is 13.3 Å². The molecule has 2 aliphatic rings. The Morgan fingerprint density at radius 3 is 2.66 bits per heavy atom. The number of methoxy groups -OCH3 is 1. The average Bonchev–Trinajstić information content (AvgIpc) is 3.20. The first-order valence-corrected chi connectivity index (χ1v) is 11.1. The monoisotopic (exact) mass is 439 g/mol. The Labute approximate surface area is 169 Å². The third-order valence-electron chi connectivity index (χ3n) is 5.29. The number of carboxylic acid groups (broad SMARTS) is 1. The predicted octanol–water partition coefficient (Wildman–Crippen LogP) is -0.0383. The normalized spacial score (nSPS) is 27.4. The van der Waals surface area contributed by atoms with Gasteiger partial charge in [-0.05, 0) is 41.6 Å². The summed E-state index contributed by atoms with van der Waals surface area (Å²) in [6.07, 6.45) is -0.185. The molecule has 0 unspecified atom stereocenters. The molecule has 1 amide bonds. The van der Waals surface area contributed by atoms with Crippen LogP contribution >= 0.6 is 11.8 Å². The molecule has 1 aromatic heterocycles. The van der Waals surface area contributed by atoms with Crippen molar-refractivity contribution in [2.75, 3.05) is 12.9 Å². The van der Waals surface area contributed by atoms with Gasteiger partial charge in [0.1, 0.15) is 15.9 Å².